The van der Waals surface area contributed by atoms with E-state index in [1.54, 1.807) is 54.9 Å². The molecule has 27 heavy (non-hydrogen) atoms. The molecule has 0 radical (unpaired) electrons. The van der Waals surface area contributed by atoms with Crippen molar-refractivity contribution in [1.82, 2.24) is 9.97 Å². The SMILES string of the molecule is Nc1ccccc1C(=O)Nc1ccc(Oc2ccnc3[nH]ccc23)c(F)c1. The summed E-state index contributed by atoms with van der Waals surface area (Å²) in [6.07, 6.45) is 3.31. The average molecular weight is 362 g/mol. The van der Waals surface area contributed by atoms with Gasteiger partial charge in [0.2, 0.25) is 0 Å². The number of nitrogens with one attached hydrogen (secondary N) is 2. The van der Waals surface area contributed by atoms with E-state index in [4.69, 9.17) is 10.5 Å². The smallest absolute Gasteiger partial charge is 0.257 e. The first-order valence-electron chi connectivity index (χ1n) is 8.17. The number of pyridine rings is 1. The lowest BCUT2D eigenvalue weighted by Gasteiger charge is -2.11. The van der Waals surface area contributed by atoms with E-state index in [-0.39, 0.29) is 5.75 Å². The maximum absolute atomic E-state index is 14.5. The van der Waals surface area contributed by atoms with Crippen molar-refractivity contribution in [2.45, 2.75) is 0 Å². The predicted octanol–water partition coefficient (Wildman–Crippen LogP) is 4.33. The Morgan fingerprint density at radius 2 is 1.96 bits per heavy atom. The second kappa shape index (κ2) is 6.80. The summed E-state index contributed by atoms with van der Waals surface area (Å²) in [7, 11) is 0. The van der Waals surface area contributed by atoms with Gasteiger partial charge in [-0.3, -0.25) is 4.79 Å². The van der Waals surface area contributed by atoms with Gasteiger partial charge in [0.05, 0.1) is 10.9 Å². The summed E-state index contributed by atoms with van der Waals surface area (Å²) in [6.45, 7) is 0. The average Bonchev–Trinajstić information content (AvgIpc) is 3.14. The Hall–Kier alpha value is -3.87. The monoisotopic (exact) mass is 362 g/mol. The third-order valence-electron chi connectivity index (χ3n) is 4.04. The number of halogens is 1. The third kappa shape index (κ3) is 3.30. The summed E-state index contributed by atoms with van der Waals surface area (Å²) in [5.41, 5.74) is 7.41. The lowest BCUT2D eigenvalue weighted by Crippen LogP contribution is -2.14. The number of nitrogen functional groups attached to an aromatic ring is 1. The van der Waals surface area contributed by atoms with E-state index in [2.05, 4.69) is 15.3 Å². The molecule has 0 atom stereocenters. The predicted molar refractivity (Wildman–Crippen MR) is 101 cm³/mol. The first-order valence-corrected chi connectivity index (χ1v) is 8.17. The molecule has 4 N–H and O–H groups in total. The lowest BCUT2D eigenvalue weighted by molar-refractivity contribution is 0.102. The van der Waals surface area contributed by atoms with Crippen LogP contribution >= 0.6 is 0 Å². The molecule has 6 nitrogen and oxygen atoms in total. The number of rotatable bonds is 4. The molecule has 0 spiro atoms. The fraction of sp³-hybridized carbons (Fsp3) is 0. The molecule has 134 valence electrons. The molecule has 1 amide bonds. The van der Waals surface area contributed by atoms with Gasteiger partial charge in [-0.05, 0) is 36.4 Å². The van der Waals surface area contributed by atoms with Crippen molar-refractivity contribution >= 4 is 28.3 Å². The van der Waals surface area contributed by atoms with Crippen LogP contribution in [0.4, 0.5) is 15.8 Å². The molecular formula is C20H15FN4O2. The minimum Gasteiger partial charge on any atom is -0.453 e. The molecule has 2 heterocycles. The normalized spacial score (nSPS) is 10.7. The number of carbonyl (C=O) groups excluding carboxylic acids is 1. The number of nitrogens with zero attached hydrogens (tertiary/aromatic N) is 1. The molecule has 2 aromatic heterocycles. The van der Waals surface area contributed by atoms with Crippen LogP contribution in [0.1, 0.15) is 10.4 Å². The van der Waals surface area contributed by atoms with Crippen LogP contribution in [0.5, 0.6) is 11.5 Å². The van der Waals surface area contributed by atoms with Gasteiger partial charge in [-0.25, -0.2) is 9.37 Å². The van der Waals surface area contributed by atoms with Gasteiger partial charge in [0.25, 0.3) is 5.91 Å². The number of fused-ring (bicyclic) bond motifs is 1. The van der Waals surface area contributed by atoms with E-state index in [0.717, 1.165) is 5.39 Å². The Labute approximate surface area is 153 Å². The van der Waals surface area contributed by atoms with Crippen molar-refractivity contribution in [2.24, 2.45) is 0 Å². The summed E-state index contributed by atoms with van der Waals surface area (Å²) < 4.78 is 20.1. The highest BCUT2D eigenvalue weighted by Crippen LogP contribution is 2.31. The van der Waals surface area contributed by atoms with E-state index < -0.39 is 11.7 Å². The molecule has 7 heteroatoms. The third-order valence-corrected chi connectivity index (χ3v) is 4.04. The van der Waals surface area contributed by atoms with Crippen molar-refractivity contribution < 1.29 is 13.9 Å². The van der Waals surface area contributed by atoms with Crippen molar-refractivity contribution in [3.05, 3.63) is 78.4 Å². The number of H-pyrrole nitrogens is 1. The van der Waals surface area contributed by atoms with Crippen LogP contribution in [-0.2, 0) is 0 Å². The number of anilines is 2. The molecule has 0 saturated heterocycles. The maximum atomic E-state index is 14.5. The number of carbonyl (C=O) groups is 1. The van der Waals surface area contributed by atoms with E-state index in [0.29, 0.717) is 28.3 Å². The highest BCUT2D eigenvalue weighted by atomic mass is 19.1. The molecule has 0 aliphatic rings. The number of aromatic nitrogens is 2. The number of hydrogen-bond acceptors (Lipinski definition) is 4. The standard InChI is InChI=1S/C20H15FN4O2/c21-15-11-12(25-20(26)13-3-1-2-4-16(13)22)5-6-18(15)27-17-8-10-24-19-14(17)7-9-23-19/h1-11H,22H2,(H,23,24)(H,25,26). The Bertz CT molecular complexity index is 1140. The van der Waals surface area contributed by atoms with Crippen molar-refractivity contribution in [1.29, 1.82) is 0 Å². The number of benzene rings is 2. The number of nitrogens with two attached hydrogens (primary N) is 1. The van der Waals surface area contributed by atoms with Gasteiger partial charge in [-0.1, -0.05) is 12.1 Å². The zero-order valence-electron chi connectivity index (χ0n) is 14.1. The van der Waals surface area contributed by atoms with Crippen molar-refractivity contribution in [2.75, 3.05) is 11.1 Å². The fourth-order valence-corrected chi connectivity index (χ4v) is 2.71. The topological polar surface area (TPSA) is 93.0 Å². The molecule has 4 aromatic rings. The maximum Gasteiger partial charge on any atom is 0.257 e. The van der Waals surface area contributed by atoms with Crippen LogP contribution < -0.4 is 15.8 Å². The van der Waals surface area contributed by atoms with Gasteiger partial charge in [-0.2, -0.15) is 0 Å². The molecule has 0 unspecified atom stereocenters. The minimum absolute atomic E-state index is 0.0425. The number of ether oxygens (including phenoxy) is 1. The second-order valence-corrected chi connectivity index (χ2v) is 5.84. The summed E-state index contributed by atoms with van der Waals surface area (Å²) in [4.78, 5) is 19.4. The van der Waals surface area contributed by atoms with Crippen LogP contribution in [0.15, 0.2) is 67.0 Å². The van der Waals surface area contributed by atoms with Gasteiger partial charge in [0, 0.05) is 29.8 Å². The van der Waals surface area contributed by atoms with E-state index in [1.807, 2.05) is 0 Å². The first kappa shape index (κ1) is 16.6. The number of amides is 1. The lowest BCUT2D eigenvalue weighted by atomic mass is 10.1. The van der Waals surface area contributed by atoms with Crippen molar-refractivity contribution in [3.63, 3.8) is 0 Å². The van der Waals surface area contributed by atoms with Crippen LogP contribution in [0, 0.1) is 5.82 Å². The van der Waals surface area contributed by atoms with Crippen LogP contribution in [0.25, 0.3) is 11.0 Å². The van der Waals surface area contributed by atoms with Gasteiger partial charge in [-0.15, -0.1) is 0 Å². The van der Waals surface area contributed by atoms with E-state index >= 15 is 0 Å². The highest BCUT2D eigenvalue weighted by Gasteiger charge is 2.13. The van der Waals surface area contributed by atoms with Gasteiger partial charge < -0.3 is 20.8 Å². The Morgan fingerprint density at radius 3 is 2.78 bits per heavy atom. The molecule has 0 saturated carbocycles. The van der Waals surface area contributed by atoms with Crippen molar-refractivity contribution in [3.8, 4) is 11.5 Å². The van der Waals surface area contributed by atoms with Crippen LogP contribution in [0.2, 0.25) is 0 Å². The fourth-order valence-electron chi connectivity index (χ4n) is 2.71. The summed E-state index contributed by atoms with van der Waals surface area (Å²) in [5, 5.41) is 3.37. The number of aromatic amines is 1. The van der Waals surface area contributed by atoms with Crippen LogP contribution in [0.3, 0.4) is 0 Å². The molecule has 2 aromatic carbocycles. The summed E-state index contributed by atoms with van der Waals surface area (Å²) >= 11 is 0. The summed E-state index contributed by atoms with van der Waals surface area (Å²) in [6, 6.07) is 14.3. The zero-order valence-corrected chi connectivity index (χ0v) is 14.1. The Kier molecular flexibility index (Phi) is 4.18. The molecular weight excluding hydrogens is 347 g/mol. The molecule has 0 aliphatic carbocycles. The minimum atomic E-state index is -0.602. The second-order valence-electron chi connectivity index (χ2n) is 5.84. The number of hydrogen-bond donors (Lipinski definition) is 3. The van der Waals surface area contributed by atoms with Gasteiger partial charge in [0.15, 0.2) is 11.6 Å². The quantitative estimate of drug-likeness (QED) is 0.471. The largest absolute Gasteiger partial charge is 0.453 e. The Morgan fingerprint density at radius 1 is 1.11 bits per heavy atom. The molecule has 4 rings (SSSR count). The van der Waals surface area contributed by atoms with E-state index in [1.165, 1.54) is 12.1 Å². The zero-order chi connectivity index (χ0) is 18.8. The molecule has 0 bridgehead atoms. The first-order chi connectivity index (χ1) is 13.1. The van der Waals surface area contributed by atoms with E-state index in [9.17, 15) is 9.18 Å². The van der Waals surface area contributed by atoms with Crippen LogP contribution in [-0.4, -0.2) is 15.9 Å². The molecule has 0 aliphatic heterocycles. The summed E-state index contributed by atoms with van der Waals surface area (Å²) in [5.74, 6) is -0.492. The Balaban J connectivity index is 1.55. The molecule has 0 fully saturated rings. The highest BCUT2D eigenvalue weighted by molar-refractivity contribution is 6.07. The number of para-hydroxylation sites is 1. The van der Waals surface area contributed by atoms with Gasteiger partial charge in [0.1, 0.15) is 11.4 Å². The van der Waals surface area contributed by atoms with Gasteiger partial charge >= 0.3 is 0 Å².